The van der Waals surface area contributed by atoms with Crippen molar-refractivity contribution >= 4 is 33.7 Å². The molecule has 0 aromatic carbocycles. The lowest BCUT2D eigenvalue weighted by atomic mass is 10.3. The predicted molar refractivity (Wildman–Crippen MR) is 70.9 cm³/mol. The number of hydrogen-bond acceptors (Lipinski definition) is 6. The first-order valence-electron chi connectivity index (χ1n) is 4.99. The Labute approximate surface area is 112 Å². The Morgan fingerprint density at radius 1 is 1.56 bits per heavy atom. The normalized spacial score (nSPS) is 9.67. The van der Waals surface area contributed by atoms with Crippen molar-refractivity contribution in [3.05, 3.63) is 26.9 Å². The molecule has 0 aliphatic rings. The minimum Gasteiger partial charge on any atom is -0.384 e. The van der Waals surface area contributed by atoms with E-state index in [4.69, 9.17) is 5.11 Å². The van der Waals surface area contributed by atoms with Crippen LogP contribution in [0.3, 0.4) is 0 Å². The second-order valence-corrected chi connectivity index (χ2v) is 5.33. The van der Waals surface area contributed by atoms with Crippen LogP contribution in [0.5, 0.6) is 0 Å². The summed E-state index contributed by atoms with van der Waals surface area (Å²) in [5.41, 5.74) is 0.523. The van der Waals surface area contributed by atoms with Crippen molar-refractivity contribution in [2.75, 3.05) is 11.9 Å². The van der Waals surface area contributed by atoms with E-state index in [2.05, 4.69) is 27.4 Å². The smallest absolute Gasteiger partial charge is 0.258 e. The summed E-state index contributed by atoms with van der Waals surface area (Å²) in [7, 11) is 0. The van der Waals surface area contributed by atoms with Crippen LogP contribution in [0, 0.1) is 18.8 Å². The topological polar surface area (TPSA) is 75.1 Å². The van der Waals surface area contributed by atoms with Crippen LogP contribution in [0.25, 0.3) is 0 Å². The lowest BCUT2D eigenvalue weighted by Gasteiger charge is -1.96. The highest BCUT2D eigenvalue weighted by molar-refractivity contribution is 7.15. The number of nitrogens with zero attached hydrogens (tertiary/aromatic N) is 2. The summed E-state index contributed by atoms with van der Waals surface area (Å²) in [4.78, 5) is 12.6. The minimum atomic E-state index is -0.237. The number of anilines is 1. The third-order valence-electron chi connectivity index (χ3n) is 1.90. The fourth-order valence-electron chi connectivity index (χ4n) is 1.16. The van der Waals surface area contributed by atoms with Crippen LogP contribution >= 0.6 is 22.7 Å². The highest BCUT2D eigenvalue weighted by Gasteiger charge is 2.10. The summed E-state index contributed by atoms with van der Waals surface area (Å²) in [6.07, 6.45) is 0. The van der Waals surface area contributed by atoms with Crippen LogP contribution in [0.2, 0.25) is 0 Å². The number of amides is 1. The highest BCUT2D eigenvalue weighted by Crippen LogP contribution is 2.18. The first kappa shape index (κ1) is 12.7. The molecule has 0 unspecified atom stereocenters. The van der Waals surface area contributed by atoms with Gasteiger partial charge in [0.15, 0.2) is 0 Å². The Balaban J connectivity index is 2.07. The summed E-state index contributed by atoms with van der Waals surface area (Å²) in [6, 6.07) is 1.68. The maximum atomic E-state index is 11.8. The van der Waals surface area contributed by atoms with Crippen molar-refractivity contribution in [3.63, 3.8) is 0 Å². The van der Waals surface area contributed by atoms with Crippen molar-refractivity contribution < 1.29 is 9.90 Å². The summed E-state index contributed by atoms with van der Waals surface area (Å²) in [6.45, 7) is 1.63. The number of hydrogen-bond donors (Lipinski definition) is 2. The summed E-state index contributed by atoms with van der Waals surface area (Å²) in [5, 5.41) is 21.9. The lowest BCUT2D eigenvalue weighted by Crippen LogP contribution is -2.10. The number of thiophene rings is 1. The van der Waals surface area contributed by atoms with Gasteiger partial charge in [0.05, 0.1) is 10.4 Å². The molecule has 2 aromatic heterocycles. The third-order valence-corrected chi connectivity index (χ3v) is 3.50. The number of aryl methyl sites for hydroxylation is 1. The summed E-state index contributed by atoms with van der Waals surface area (Å²) < 4.78 is 0. The summed E-state index contributed by atoms with van der Waals surface area (Å²) in [5.74, 6) is 5.05. The van der Waals surface area contributed by atoms with E-state index in [-0.39, 0.29) is 12.5 Å². The van der Waals surface area contributed by atoms with Crippen LogP contribution in [0.15, 0.2) is 11.4 Å². The third kappa shape index (κ3) is 3.13. The van der Waals surface area contributed by atoms with E-state index in [0.717, 1.165) is 9.88 Å². The maximum Gasteiger partial charge on any atom is 0.258 e. The molecule has 0 bridgehead atoms. The van der Waals surface area contributed by atoms with E-state index in [1.165, 1.54) is 22.7 Å². The number of aliphatic hydroxyl groups excluding tert-OH is 1. The Hall–Kier alpha value is -1.75. The van der Waals surface area contributed by atoms with Crippen LogP contribution in [-0.4, -0.2) is 27.8 Å². The molecule has 0 saturated carbocycles. The predicted octanol–water partition coefficient (Wildman–Crippen LogP) is 1.50. The number of aliphatic hydroxyl groups is 1. The van der Waals surface area contributed by atoms with Gasteiger partial charge in [0.2, 0.25) is 5.13 Å². The molecule has 0 aliphatic heterocycles. The van der Waals surface area contributed by atoms with E-state index in [1.54, 1.807) is 11.4 Å². The molecule has 0 radical (unpaired) electrons. The Morgan fingerprint density at radius 3 is 3.06 bits per heavy atom. The van der Waals surface area contributed by atoms with E-state index >= 15 is 0 Å². The molecule has 2 rings (SSSR count). The van der Waals surface area contributed by atoms with Crippen molar-refractivity contribution in [2.45, 2.75) is 6.92 Å². The molecule has 92 valence electrons. The van der Waals surface area contributed by atoms with Gasteiger partial charge in [0.1, 0.15) is 11.6 Å². The molecule has 18 heavy (non-hydrogen) atoms. The molecule has 0 atom stereocenters. The van der Waals surface area contributed by atoms with Gasteiger partial charge in [-0.15, -0.1) is 21.5 Å². The van der Waals surface area contributed by atoms with Gasteiger partial charge in [-0.1, -0.05) is 23.2 Å². The van der Waals surface area contributed by atoms with E-state index < -0.39 is 0 Å². The molecular formula is C11H9N3O2S2. The molecular weight excluding hydrogens is 270 g/mol. The van der Waals surface area contributed by atoms with Crippen LogP contribution < -0.4 is 5.32 Å². The van der Waals surface area contributed by atoms with Gasteiger partial charge in [-0.25, -0.2) is 0 Å². The molecule has 0 aliphatic carbocycles. The van der Waals surface area contributed by atoms with Crippen molar-refractivity contribution in [1.82, 2.24) is 10.2 Å². The molecule has 7 heteroatoms. The number of nitrogens with one attached hydrogen (secondary N) is 1. The Bertz CT molecular complexity index is 622. The zero-order valence-electron chi connectivity index (χ0n) is 9.43. The molecule has 0 fully saturated rings. The summed E-state index contributed by atoms with van der Waals surface area (Å²) >= 11 is 2.68. The van der Waals surface area contributed by atoms with Gasteiger partial charge in [-0.2, -0.15) is 0 Å². The maximum absolute atomic E-state index is 11.8. The van der Waals surface area contributed by atoms with Gasteiger partial charge in [0.25, 0.3) is 5.91 Å². The molecule has 5 nitrogen and oxygen atoms in total. The second-order valence-electron chi connectivity index (χ2n) is 3.24. The largest absolute Gasteiger partial charge is 0.384 e. The molecule has 2 aromatic rings. The fraction of sp³-hybridized carbons (Fsp3) is 0.182. The number of carbonyl (C=O) groups is 1. The molecule has 0 saturated heterocycles. The van der Waals surface area contributed by atoms with E-state index in [9.17, 15) is 4.79 Å². The number of aromatic nitrogens is 2. The van der Waals surface area contributed by atoms with Crippen LogP contribution in [0.4, 0.5) is 5.13 Å². The fourth-order valence-corrected chi connectivity index (χ4v) is 2.51. The average Bonchev–Trinajstić information content (AvgIpc) is 2.96. The molecule has 1 amide bonds. The average molecular weight is 279 g/mol. The van der Waals surface area contributed by atoms with Gasteiger partial charge in [-0.3, -0.25) is 10.1 Å². The highest BCUT2D eigenvalue weighted by atomic mass is 32.1. The van der Waals surface area contributed by atoms with Crippen LogP contribution in [-0.2, 0) is 0 Å². The van der Waals surface area contributed by atoms with Gasteiger partial charge >= 0.3 is 0 Å². The number of rotatable bonds is 2. The first-order chi connectivity index (χ1) is 8.69. The van der Waals surface area contributed by atoms with Crippen LogP contribution in [0.1, 0.15) is 20.2 Å². The van der Waals surface area contributed by atoms with E-state index in [1.807, 2.05) is 6.92 Å². The first-order valence-corrected chi connectivity index (χ1v) is 6.68. The van der Waals surface area contributed by atoms with Crippen molar-refractivity contribution in [1.29, 1.82) is 0 Å². The monoisotopic (exact) mass is 279 g/mol. The van der Waals surface area contributed by atoms with Crippen molar-refractivity contribution in [3.8, 4) is 11.8 Å². The van der Waals surface area contributed by atoms with Gasteiger partial charge < -0.3 is 5.11 Å². The SMILES string of the molecule is Cc1nnc(NC(=O)c2csc(C#CCO)c2)s1. The zero-order valence-corrected chi connectivity index (χ0v) is 11.1. The Kier molecular flexibility index (Phi) is 4.04. The second kappa shape index (κ2) is 5.73. The minimum absolute atomic E-state index is 0.191. The quantitative estimate of drug-likeness (QED) is 0.817. The number of carbonyl (C=O) groups excluding carboxylic acids is 1. The molecule has 0 spiro atoms. The Morgan fingerprint density at radius 2 is 2.39 bits per heavy atom. The standard InChI is InChI=1S/C11H9N3O2S2/c1-7-13-14-11(18-7)12-10(16)8-5-9(17-6-8)3-2-4-15/h5-6,15H,4H2,1H3,(H,12,14,16). The van der Waals surface area contributed by atoms with E-state index in [0.29, 0.717) is 10.7 Å². The van der Waals surface area contributed by atoms with Gasteiger partial charge in [0, 0.05) is 5.38 Å². The van der Waals surface area contributed by atoms with Gasteiger partial charge in [-0.05, 0) is 13.0 Å². The lowest BCUT2D eigenvalue weighted by molar-refractivity contribution is 0.102. The zero-order chi connectivity index (χ0) is 13.0. The van der Waals surface area contributed by atoms with Crippen molar-refractivity contribution in [2.24, 2.45) is 0 Å². The molecule has 2 heterocycles. The molecule has 2 N–H and O–H groups in total.